The van der Waals surface area contributed by atoms with Crippen molar-refractivity contribution in [2.75, 3.05) is 43.4 Å². The topological polar surface area (TPSA) is 110 Å². The van der Waals surface area contributed by atoms with E-state index in [0.29, 0.717) is 25.0 Å². The van der Waals surface area contributed by atoms with Gasteiger partial charge in [0, 0.05) is 43.9 Å². The molecule has 1 saturated carbocycles. The highest BCUT2D eigenvalue weighted by Gasteiger charge is 2.38. The first-order valence-electron chi connectivity index (χ1n) is 13.6. The van der Waals surface area contributed by atoms with E-state index in [1.165, 1.54) is 37.8 Å². The van der Waals surface area contributed by atoms with Crippen LogP contribution in [-0.4, -0.2) is 80.8 Å². The third kappa shape index (κ3) is 4.41. The number of carbonyl (C=O) groups is 2. The lowest BCUT2D eigenvalue weighted by Gasteiger charge is -2.35. The summed E-state index contributed by atoms with van der Waals surface area (Å²) < 4.78 is 0. The van der Waals surface area contributed by atoms with Gasteiger partial charge < -0.3 is 25.0 Å². The van der Waals surface area contributed by atoms with Gasteiger partial charge in [-0.25, -0.2) is 9.97 Å². The summed E-state index contributed by atoms with van der Waals surface area (Å²) in [7, 11) is 1.79. The van der Waals surface area contributed by atoms with Crippen LogP contribution in [0.5, 0.6) is 0 Å². The first kappa shape index (κ1) is 23.2. The first-order chi connectivity index (χ1) is 17.6. The summed E-state index contributed by atoms with van der Waals surface area (Å²) in [5, 5.41) is 3.46. The smallest absolute Gasteiger partial charge is 0.245 e. The molecule has 192 valence electrons. The van der Waals surface area contributed by atoms with E-state index in [0.717, 1.165) is 61.7 Å². The zero-order chi connectivity index (χ0) is 24.6. The summed E-state index contributed by atoms with van der Waals surface area (Å²) >= 11 is 0. The van der Waals surface area contributed by atoms with Crippen LogP contribution in [0.4, 0.5) is 17.7 Å². The predicted octanol–water partition coefficient (Wildman–Crippen LogP) is 2.75. The monoisotopic (exact) mass is 492 g/mol. The number of aromatic amines is 1. The summed E-state index contributed by atoms with van der Waals surface area (Å²) in [6, 6.07) is -0.324. The molecule has 1 unspecified atom stereocenters. The Balaban J connectivity index is 1.23. The van der Waals surface area contributed by atoms with Crippen LogP contribution in [-0.2, 0) is 22.4 Å². The number of imidazole rings is 1. The van der Waals surface area contributed by atoms with Gasteiger partial charge in [-0.05, 0) is 44.9 Å². The number of carbonyl (C=O) groups excluding carboxylic acids is 2. The minimum absolute atomic E-state index is 0.00884. The third-order valence-corrected chi connectivity index (χ3v) is 8.36. The number of rotatable bonds is 5. The number of amides is 2. The Bertz CT molecular complexity index is 1140. The maximum absolute atomic E-state index is 13.4. The van der Waals surface area contributed by atoms with Gasteiger partial charge in [0.1, 0.15) is 11.9 Å². The number of nitrogens with zero attached hydrogens (tertiary/aromatic N) is 6. The molecular formula is C26H36N8O2. The number of aromatic nitrogens is 4. The predicted molar refractivity (Wildman–Crippen MR) is 136 cm³/mol. The second-order valence-corrected chi connectivity index (χ2v) is 10.7. The molecule has 0 bridgehead atoms. The molecule has 2 N–H and O–H groups in total. The molecule has 6 rings (SSSR count). The third-order valence-electron chi connectivity index (χ3n) is 8.36. The molecule has 2 aliphatic carbocycles. The minimum atomic E-state index is -0.324. The Labute approximate surface area is 211 Å². The number of aryl methyl sites for hydroxylation is 1. The lowest BCUT2D eigenvalue weighted by molar-refractivity contribution is -0.144. The van der Waals surface area contributed by atoms with Crippen LogP contribution >= 0.6 is 0 Å². The van der Waals surface area contributed by atoms with Crippen molar-refractivity contribution in [2.24, 2.45) is 0 Å². The Morgan fingerprint density at radius 2 is 1.89 bits per heavy atom. The molecule has 1 atom stereocenters. The zero-order valence-corrected chi connectivity index (χ0v) is 21.1. The van der Waals surface area contributed by atoms with Gasteiger partial charge in [0.2, 0.25) is 23.7 Å². The van der Waals surface area contributed by atoms with Crippen molar-refractivity contribution < 1.29 is 9.59 Å². The SMILES string of the molecule is CN1CCN(C(=O)C2CCCN2c2nc3c(c(Nc4ncc(C5CCCCC5)[nH]4)n2)CCC3)CC1=O. The zero-order valence-electron chi connectivity index (χ0n) is 21.1. The molecule has 2 amide bonds. The van der Waals surface area contributed by atoms with Crippen molar-refractivity contribution >= 4 is 29.5 Å². The molecule has 0 radical (unpaired) electrons. The molecule has 3 fully saturated rings. The summed E-state index contributed by atoms with van der Waals surface area (Å²) in [6.45, 7) is 2.04. The number of H-pyrrole nitrogens is 1. The quantitative estimate of drug-likeness (QED) is 0.660. The molecule has 10 heteroatoms. The van der Waals surface area contributed by atoms with E-state index in [1.54, 1.807) is 16.8 Å². The van der Waals surface area contributed by atoms with Gasteiger partial charge in [-0.3, -0.25) is 9.59 Å². The molecule has 36 heavy (non-hydrogen) atoms. The van der Waals surface area contributed by atoms with Crippen molar-refractivity contribution in [3.05, 3.63) is 23.1 Å². The highest BCUT2D eigenvalue weighted by Crippen LogP contribution is 2.34. The van der Waals surface area contributed by atoms with Crippen LogP contribution in [0.25, 0.3) is 0 Å². The highest BCUT2D eigenvalue weighted by atomic mass is 16.2. The van der Waals surface area contributed by atoms with Gasteiger partial charge in [0.25, 0.3) is 0 Å². The number of anilines is 3. The second-order valence-electron chi connectivity index (χ2n) is 10.7. The Morgan fingerprint density at radius 3 is 2.72 bits per heavy atom. The van der Waals surface area contributed by atoms with E-state index in [2.05, 4.69) is 15.3 Å². The van der Waals surface area contributed by atoms with Gasteiger partial charge in [-0.15, -0.1) is 0 Å². The van der Waals surface area contributed by atoms with Gasteiger partial charge in [0.05, 0.1) is 18.4 Å². The summed E-state index contributed by atoms with van der Waals surface area (Å²) in [6.07, 6.45) is 12.9. The number of fused-ring (bicyclic) bond motifs is 1. The lowest BCUT2D eigenvalue weighted by Crippen LogP contribution is -2.55. The number of likely N-dealkylation sites (N-methyl/N-ethyl adjacent to an activating group) is 1. The fourth-order valence-electron chi connectivity index (χ4n) is 6.20. The van der Waals surface area contributed by atoms with Crippen LogP contribution in [0.15, 0.2) is 6.20 Å². The summed E-state index contributed by atoms with van der Waals surface area (Å²) in [5.74, 6) is 2.69. The van der Waals surface area contributed by atoms with Gasteiger partial charge in [-0.1, -0.05) is 19.3 Å². The summed E-state index contributed by atoms with van der Waals surface area (Å²) in [4.78, 5) is 49.0. The first-order valence-corrected chi connectivity index (χ1v) is 13.6. The molecule has 4 heterocycles. The maximum Gasteiger partial charge on any atom is 0.245 e. The Hall–Kier alpha value is -3.17. The van der Waals surface area contributed by atoms with Crippen molar-refractivity contribution in [3.63, 3.8) is 0 Å². The molecule has 10 nitrogen and oxygen atoms in total. The van der Waals surface area contributed by atoms with Gasteiger partial charge in [-0.2, -0.15) is 4.98 Å². The standard InChI is InChI=1S/C26H36N8O2/c1-32-13-14-33(16-22(32)35)24(36)21-11-6-12-34(21)26-29-19-10-5-9-18(19)23(31-26)30-25-27-15-20(28-25)17-7-3-2-4-8-17/h15,17,21H,2-14,16H2,1H3,(H2,27,28,29,30,31). The molecule has 0 aromatic carbocycles. The molecule has 2 saturated heterocycles. The van der Waals surface area contributed by atoms with Crippen LogP contribution in [0, 0.1) is 0 Å². The Morgan fingerprint density at radius 1 is 1.03 bits per heavy atom. The van der Waals surface area contributed by atoms with E-state index in [9.17, 15) is 9.59 Å². The van der Waals surface area contributed by atoms with E-state index < -0.39 is 0 Å². The van der Waals surface area contributed by atoms with Crippen LogP contribution in [0.3, 0.4) is 0 Å². The van der Waals surface area contributed by atoms with E-state index in [-0.39, 0.29) is 24.4 Å². The lowest BCUT2D eigenvalue weighted by atomic mass is 9.87. The fourth-order valence-corrected chi connectivity index (χ4v) is 6.20. The molecular weight excluding hydrogens is 456 g/mol. The fraction of sp³-hybridized carbons (Fsp3) is 0.654. The van der Waals surface area contributed by atoms with Gasteiger partial charge >= 0.3 is 0 Å². The Kier molecular flexibility index (Phi) is 6.27. The average Bonchev–Trinajstić information content (AvgIpc) is 3.66. The van der Waals surface area contributed by atoms with Crippen molar-refractivity contribution in [3.8, 4) is 0 Å². The minimum Gasteiger partial charge on any atom is -0.342 e. The molecule has 2 aromatic rings. The second kappa shape index (κ2) is 9.71. The van der Waals surface area contributed by atoms with Crippen molar-refractivity contribution in [2.45, 2.75) is 76.2 Å². The number of nitrogens with one attached hydrogen (secondary N) is 2. The van der Waals surface area contributed by atoms with Crippen LogP contribution < -0.4 is 10.2 Å². The van der Waals surface area contributed by atoms with Crippen LogP contribution in [0.1, 0.15) is 74.2 Å². The average molecular weight is 493 g/mol. The van der Waals surface area contributed by atoms with E-state index in [1.807, 2.05) is 11.1 Å². The number of hydrogen-bond donors (Lipinski definition) is 2. The molecule has 4 aliphatic rings. The largest absolute Gasteiger partial charge is 0.342 e. The summed E-state index contributed by atoms with van der Waals surface area (Å²) in [5.41, 5.74) is 3.42. The van der Waals surface area contributed by atoms with Gasteiger partial charge in [0.15, 0.2) is 0 Å². The highest BCUT2D eigenvalue weighted by molar-refractivity contribution is 5.90. The van der Waals surface area contributed by atoms with Crippen molar-refractivity contribution in [1.82, 2.24) is 29.7 Å². The number of piperazine rings is 1. The molecule has 2 aliphatic heterocycles. The van der Waals surface area contributed by atoms with Crippen molar-refractivity contribution in [1.29, 1.82) is 0 Å². The molecule has 0 spiro atoms. The van der Waals surface area contributed by atoms with E-state index >= 15 is 0 Å². The van der Waals surface area contributed by atoms with E-state index in [4.69, 9.17) is 9.97 Å². The molecule has 2 aromatic heterocycles. The normalized spacial score (nSPS) is 22.9. The van der Waals surface area contributed by atoms with Crippen LogP contribution in [0.2, 0.25) is 0 Å². The number of hydrogen-bond acceptors (Lipinski definition) is 7. The maximum atomic E-state index is 13.4.